The van der Waals surface area contributed by atoms with E-state index in [-0.39, 0.29) is 5.75 Å². The first kappa shape index (κ1) is 15.8. The molecule has 0 radical (unpaired) electrons. The number of hydrogen-bond donors (Lipinski definition) is 1. The van der Waals surface area contributed by atoms with Crippen LogP contribution in [0.1, 0.15) is 12.5 Å². The number of carboxylic acids is 1. The molecule has 2 aromatic rings. The summed E-state index contributed by atoms with van der Waals surface area (Å²) in [6.07, 6.45) is 1.80. The van der Waals surface area contributed by atoms with E-state index in [2.05, 4.69) is 16.9 Å². The van der Waals surface area contributed by atoms with Gasteiger partial charge in [0.1, 0.15) is 5.52 Å². The van der Waals surface area contributed by atoms with Gasteiger partial charge in [0.25, 0.3) is 0 Å². The number of hydrogen-bond acceptors (Lipinski definition) is 5. The molecule has 0 fully saturated rings. The molecule has 6 nitrogen and oxygen atoms in total. The van der Waals surface area contributed by atoms with Gasteiger partial charge >= 0.3 is 5.97 Å². The van der Waals surface area contributed by atoms with E-state index in [0.29, 0.717) is 24.2 Å². The van der Waals surface area contributed by atoms with Crippen LogP contribution in [-0.2, 0) is 16.1 Å². The third-order valence-corrected chi connectivity index (χ3v) is 3.92. The first-order chi connectivity index (χ1) is 10.0. The van der Waals surface area contributed by atoms with E-state index in [1.807, 2.05) is 17.6 Å². The third-order valence-electron chi connectivity index (χ3n) is 2.96. The average molecular weight is 309 g/mol. The van der Waals surface area contributed by atoms with Crippen LogP contribution in [0.5, 0.6) is 0 Å². The topological polar surface area (TPSA) is 77.2 Å². The lowest BCUT2D eigenvalue weighted by atomic mass is 10.2. The summed E-state index contributed by atoms with van der Waals surface area (Å²) in [4.78, 5) is 19.7. The highest BCUT2D eigenvalue weighted by Gasteiger charge is 2.16. The van der Waals surface area contributed by atoms with Crippen molar-refractivity contribution < 1.29 is 14.6 Å². The van der Waals surface area contributed by atoms with Crippen molar-refractivity contribution in [3.63, 3.8) is 0 Å². The van der Waals surface area contributed by atoms with Crippen molar-refractivity contribution in [1.82, 2.24) is 14.5 Å². The molecule has 114 valence electrons. The zero-order valence-corrected chi connectivity index (χ0v) is 13.2. The Labute approximate surface area is 127 Å². The van der Waals surface area contributed by atoms with E-state index >= 15 is 0 Å². The molecule has 1 unspecified atom stereocenters. The summed E-state index contributed by atoms with van der Waals surface area (Å²) >= 11 is 1.22. The molecule has 0 aliphatic carbocycles. The van der Waals surface area contributed by atoms with Gasteiger partial charge in [0.05, 0.1) is 12.4 Å². The average Bonchev–Trinajstić information content (AvgIpc) is 2.74. The van der Waals surface area contributed by atoms with E-state index in [1.165, 1.54) is 11.8 Å². The Morgan fingerprint density at radius 3 is 3.00 bits per heavy atom. The number of methoxy groups -OCH3 is 1. The summed E-state index contributed by atoms with van der Waals surface area (Å²) in [5, 5.41) is 9.55. The second kappa shape index (κ2) is 6.91. The molecule has 0 aromatic carbocycles. The van der Waals surface area contributed by atoms with Crippen LogP contribution in [0.25, 0.3) is 11.2 Å². The van der Waals surface area contributed by atoms with Gasteiger partial charge < -0.3 is 14.4 Å². The first-order valence-electron chi connectivity index (χ1n) is 6.67. The summed E-state index contributed by atoms with van der Waals surface area (Å²) in [5.41, 5.74) is 2.62. The number of rotatable bonds is 7. The lowest BCUT2D eigenvalue weighted by Crippen LogP contribution is -2.14. The van der Waals surface area contributed by atoms with Crippen molar-refractivity contribution in [3.05, 3.63) is 17.8 Å². The maximum atomic E-state index is 10.8. The fraction of sp³-hybridized carbons (Fsp3) is 0.500. The molecular weight excluding hydrogens is 290 g/mol. The number of aryl methyl sites for hydroxylation is 1. The second-order valence-electron chi connectivity index (χ2n) is 5.10. The highest BCUT2D eigenvalue weighted by atomic mass is 32.2. The molecule has 0 saturated heterocycles. The molecule has 1 N–H and O–H groups in total. The Morgan fingerprint density at radius 1 is 1.57 bits per heavy atom. The standard InChI is InChI=1S/C14H19N3O3S/c1-9-4-11-13(15-5-9)17(6-10(2)7-20-3)14(16-11)21-8-12(18)19/h4-5,10H,6-8H2,1-3H3,(H,18,19). The van der Waals surface area contributed by atoms with Gasteiger partial charge in [0.15, 0.2) is 10.8 Å². The second-order valence-corrected chi connectivity index (χ2v) is 6.05. The van der Waals surface area contributed by atoms with Gasteiger partial charge in [-0.15, -0.1) is 0 Å². The minimum Gasteiger partial charge on any atom is -0.481 e. The summed E-state index contributed by atoms with van der Waals surface area (Å²) < 4.78 is 7.14. The number of carboxylic acid groups (broad SMARTS) is 1. The normalized spacial score (nSPS) is 12.7. The number of nitrogens with zero attached hydrogens (tertiary/aromatic N) is 3. The number of pyridine rings is 1. The maximum absolute atomic E-state index is 10.8. The van der Waals surface area contributed by atoms with Gasteiger partial charge in [0.2, 0.25) is 0 Å². The number of fused-ring (bicyclic) bond motifs is 1. The molecule has 1 atom stereocenters. The van der Waals surface area contributed by atoms with Gasteiger partial charge in [-0.1, -0.05) is 18.7 Å². The Balaban J connectivity index is 2.36. The quantitative estimate of drug-likeness (QED) is 0.790. The number of carbonyl (C=O) groups is 1. The molecule has 2 rings (SSSR count). The number of imidazole rings is 1. The minimum atomic E-state index is -0.854. The number of aliphatic carboxylic acids is 1. The van der Waals surface area contributed by atoms with Gasteiger partial charge in [-0.05, 0) is 24.5 Å². The minimum absolute atomic E-state index is 0.0129. The Bertz CT molecular complexity index is 642. The molecule has 0 saturated carbocycles. The van der Waals surface area contributed by atoms with Crippen LogP contribution in [0.15, 0.2) is 17.4 Å². The molecule has 21 heavy (non-hydrogen) atoms. The lowest BCUT2D eigenvalue weighted by Gasteiger charge is -2.13. The van der Waals surface area contributed by atoms with Crippen LogP contribution in [0.4, 0.5) is 0 Å². The Kier molecular flexibility index (Phi) is 5.19. The van der Waals surface area contributed by atoms with Crippen molar-refractivity contribution >= 4 is 28.9 Å². The summed E-state index contributed by atoms with van der Waals surface area (Å²) in [7, 11) is 1.67. The van der Waals surface area contributed by atoms with Crippen LogP contribution in [0.2, 0.25) is 0 Å². The van der Waals surface area contributed by atoms with E-state index in [4.69, 9.17) is 9.84 Å². The summed E-state index contributed by atoms with van der Waals surface area (Å²) in [6.45, 7) is 5.37. The highest BCUT2D eigenvalue weighted by molar-refractivity contribution is 7.99. The molecule has 2 heterocycles. The van der Waals surface area contributed by atoms with Crippen molar-refractivity contribution in [2.75, 3.05) is 19.5 Å². The molecular formula is C14H19N3O3S. The zero-order chi connectivity index (χ0) is 15.4. The fourth-order valence-electron chi connectivity index (χ4n) is 2.14. The van der Waals surface area contributed by atoms with E-state index in [1.54, 1.807) is 13.3 Å². The first-order valence-corrected chi connectivity index (χ1v) is 7.66. The van der Waals surface area contributed by atoms with E-state index < -0.39 is 5.97 Å². The van der Waals surface area contributed by atoms with E-state index in [0.717, 1.165) is 16.7 Å². The molecule has 0 amide bonds. The predicted octanol–water partition coefficient (Wildman–Crippen LogP) is 2.20. The molecule has 0 bridgehead atoms. The van der Waals surface area contributed by atoms with Crippen LogP contribution >= 0.6 is 11.8 Å². The number of aromatic nitrogens is 3. The fourth-order valence-corrected chi connectivity index (χ4v) is 2.87. The van der Waals surface area contributed by atoms with Crippen LogP contribution in [0, 0.1) is 12.8 Å². The summed E-state index contributed by atoms with van der Waals surface area (Å²) in [5.74, 6) is -0.576. The van der Waals surface area contributed by atoms with Crippen LogP contribution in [-0.4, -0.2) is 45.1 Å². The van der Waals surface area contributed by atoms with Gasteiger partial charge in [-0.2, -0.15) is 0 Å². The van der Waals surface area contributed by atoms with Crippen LogP contribution in [0.3, 0.4) is 0 Å². The summed E-state index contributed by atoms with van der Waals surface area (Å²) in [6, 6.07) is 1.96. The van der Waals surface area contributed by atoms with Gasteiger partial charge in [-0.3, -0.25) is 4.79 Å². The van der Waals surface area contributed by atoms with E-state index in [9.17, 15) is 4.79 Å². The molecule has 0 aliphatic rings. The molecule has 0 aliphatic heterocycles. The largest absolute Gasteiger partial charge is 0.481 e. The number of ether oxygens (including phenoxy) is 1. The SMILES string of the molecule is COCC(C)Cn1c(SCC(=O)O)nc2cc(C)cnc21. The van der Waals surface area contributed by atoms with Crippen molar-refractivity contribution in [2.24, 2.45) is 5.92 Å². The third kappa shape index (κ3) is 3.95. The van der Waals surface area contributed by atoms with Crippen molar-refractivity contribution in [2.45, 2.75) is 25.5 Å². The Hall–Kier alpha value is -1.60. The number of thioether (sulfide) groups is 1. The smallest absolute Gasteiger partial charge is 0.313 e. The van der Waals surface area contributed by atoms with Crippen molar-refractivity contribution in [1.29, 1.82) is 0 Å². The Morgan fingerprint density at radius 2 is 2.33 bits per heavy atom. The van der Waals surface area contributed by atoms with Crippen LogP contribution < -0.4 is 0 Å². The molecule has 2 aromatic heterocycles. The monoisotopic (exact) mass is 309 g/mol. The van der Waals surface area contributed by atoms with Gasteiger partial charge in [0, 0.05) is 19.9 Å². The zero-order valence-electron chi connectivity index (χ0n) is 12.4. The molecule has 7 heteroatoms. The van der Waals surface area contributed by atoms with Crippen molar-refractivity contribution in [3.8, 4) is 0 Å². The molecule has 0 spiro atoms. The lowest BCUT2D eigenvalue weighted by molar-refractivity contribution is -0.133. The maximum Gasteiger partial charge on any atom is 0.313 e. The highest BCUT2D eigenvalue weighted by Crippen LogP contribution is 2.24. The predicted molar refractivity (Wildman–Crippen MR) is 81.7 cm³/mol. The van der Waals surface area contributed by atoms with Gasteiger partial charge in [-0.25, -0.2) is 9.97 Å².